The maximum Gasteiger partial charge on any atom is 0.338 e. The number of ether oxygens (including phenoxy) is 1. The third kappa shape index (κ3) is 7.44. The number of methoxy groups -OCH3 is 1. The van der Waals surface area contributed by atoms with Crippen LogP contribution in [-0.4, -0.2) is 56.4 Å². The van der Waals surface area contributed by atoms with Crippen molar-refractivity contribution in [3.63, 3.8) is 0 Å². The summed E-state index contributed by atoms with van der Waals surface area (Å²) in [4.78, 5) is 42.5. The number of pyridine rings is 1. The number of hydrogen-bond donors (Lipinski definition) is 4. The van der Waals surface area contributed by atoms with Crippen molar-refractivity contribution in [1.29, 1.82) is 0 Å². The highest BCUT2D eigenvalue weighted by Gasteiger charge is 2.24. The average Bonchev–Trinajstić information content (AvgIpc) is 3.40. The number of aromatic amines is 1. The van der Waals surface area contributed by atoms with Crippen molar-refractivity contribution in [2.24, 2.45) is 0 Å². The molecule has 4 aromatic rings. The number of aromatic nitrogens is 5. The molecule has 12 nitrogen and oxygen atoms in total. The van der Waals surface area contributed by atoms with Crippen molar-refractivity contribution >= 4 is 17.8 Å². The minimum absolute atomic E-state index is 0.146. The lowest BCUT2D eigenvalue weighted by molar-refractivity contribution is -0.794. The smallest absolute Gasteiger partial charge is 0.338 e. The van der Waals surface area contributed by atoms with Crippen LogP contribution in [0.25, 0.3) is 11.4 Å². The Bertz CT molecular complexity index is 1470. The van der Waals surface area contributed by atoms with Gasteiger partial charge in [0.15, 0.2) is 0 Å². The number of carbonyl (C=O) groups excluding carboxylic acids is 2. The largest absolute Gasteiger partial charge is 0.497 e. The number of benzene rings is 2. The highest BCUT2D eigenvalue weighted by atomic mass is 16.5. The Kier molecular flexibility index (Phi) is 8.57. The highest BCUT2D eigenvalue weighted by Crippen LogP contribution is 2.16. The fourth-order valence-corrected chi connectivity index (χ4v) is 3.85. The van der Waals surface area contributed by atoms with Gasteiger partial charge in [0.05, 0.1) is 17.8 Å². The summed E-state index contributed by atoms with van der Waals surface area (Å²) in [6.45, 7) is 1.76. The third-order valence-corrected chi connectivity index (χ3v) is 5.73. The van der Waals surface area contributed by atoms with Crippen molar-refractivity contribution in [1.82, 2.24) is 31.0 Å². The predicted octanol–water partition coefficient (Wildman–Crippen LogP) is 1.21. The Labute approximate surface area is 224 Å². The number of carbonyl (C=O) groups is 3. The fraction of sp³-hybridized carbons (Fsp3) is 0.222. The van der Waals surface area contributed by atoms with Gasteiger partial charge >= 0.3 is 11.8 Å². The Morgan fingerprint density at radius 1 is 1.05 bits per heavy atom. The molecule has 12 heteroatoms. The number of H-pyrrole nitrogens is 1. The van der Waals surface area contributed by atoms with Gasteiger partial charge in [-0.1, -0.05) is 47.3 Å². The van der Waals surface area contributed by atoms with E-state index in [1.54, 1.807) is 50.4 Å². The molecule has 0 radical (unpaired) electrons. The number of nitrogens with one attached hydrogen (secondary N) is 3. The van der Waals surface area contributed by atoms with Crippen LogP contribution in [0, 0.1) is 6.92 Å². The molecule has 39 heavy (non-hydrogen) atoms. The number of tetrazole rings is 1. The van der Waals surface area contributed by atoms with Gasteiger partial charge in [-0.15, -0.1) is 0 Å². The van der Waals surface area contributed by atoms with Gasteiger partial charge in [-0.25, -0.2) is 9.78 Å². The van der Waals surface area contributed by atoms with Crippen LogP contribution in [0.4, 0.5) is 0 Å². The standard InChI is InChI=1S/C27H27N7O5/c1-17-11-20(14-22(29-17)26(36)28-15-19-9-6-10-21(12-19)39-2)25-31-33-34(32-25)16-24(35)30-23(27(37)38)13-18-7-4-3-5-8-18/h3-12,14,23H,13,15-16H2,1-2H3,(H3,28,30,35,36,37,38)/p+1. The number of rotatable bonds is 11. The molecule has 0 fully saturated rings. The Hall–Kier alpha value is -5.13. The molecule has 0 saturated carbocycles. The topological polar surface area (TPSA) is 163 Å². The van der Waals surface area contributed by atoms with Crippen LogP contribution in [0.1, 0.15) is 27.3 Å². The minimum atomic E-state index is -1.14. The molecule has 0 aliphatic carbocycles. The van der Waals surface area contributed by atoms with E-state index in [-0.39, 0.29) is 30.4 Å². The van der Waals surface area contributed by atoms with E-state index < -0.39 is 17.9 Å². The Morgan fingerprint density at radius 3 is 2.56 bits per heavy atom. The molecule has 1 atom stereocenters. The molecule has 0 spiro atoms. The summed E-state index contributed by atoms with van der Waals surface area (Å²) in [5, 5.41) is 25.9. The van der Waals surface area contributed by atoms with Gasteiger partial charge < -0.3 is 20.5 Å². The summed E-state index contributed by atoms with van der Waals surface area (Å²) in [5.74, 6) is -1.12. The molecule has 2 amide bonds. The zero-order chi connectivity index (χ0) is 27.8. The number of aliphatic carboxylic acids is 1. The lowest BCUT2D eigenvalue weighted by Gasteiger charge is -2.13. The summed E-state index contributed by atoms with van der Waals surface area (Å²) < 4.78 is 5.21. The SMILES string of the molecule is COc1cccc(CNC(=O)c2cc(-c3n[nH][n+](CC(=O)NC(Cc4ccccc4)C(=O)O)n3)cc(C)n2)c1. The van der Waals surface area contributed by atoms with E-state index in [0.717, 1.165) is 11.1 Å². The van der Waals surface area contributed by atoms with E-state index in [2.05, 4.69) is 31.0 Å². The second kappa shape index (κ2) is 12.4. The lowest BCUT2D eigenvalue weighted by Crippen LogP contribution is -2.51. The van der Waals surface area contributed by atoms with E-state index in [0.29, 0.717) is 23.6 Å². The molecule has 0 aliphatic rings. The van der Waals surface area contributed by atoms with Crippen molar-refractivity contribution in [3.05, 3.63) is 89.2 Å². The molecule has 2 aromatic heterocycles. The van der Waals surface area contributed by atoms with E-state index in [9.17, 15) is 19.5 Å². The summed E-state index contributed by atoms with van der Waals surface area (Å²) in [6, 6.07) is 18.6. The van der Waals surface area contributed by atoms with Gasteiger partial charge in [-0.2, -0.15) is 0 Å². The predicted molar refractivity (Wildman–Crippen MR) is 138 cm³/mol. The molecular formula is C27H28N7O5+. The van der Waals surface area contributed by atoms with Gasteiger partial charge in [-0.3, -0.25) is 9.59 Å². The zero-order valence-electron chi connectivity index (χ0n) is 21.4. The van der Waals surface area contributed by atoms with Crippen LogP contribution in [-0.2, 0) is 29.1 Å². The van der Waals surface area contributed by atoms with Crippen LogP contribution < -0.4 is 20.2 Å². The molecule has 2 aromatic carbocycles. The summed E-state index contributed by atoms with van der Waals surface area (Å²) in [7, 11) is 1.58. The Balaban J connectivity index is 1.40. The average molecular weight is 531 g/mol. The molecule has 4 rings (SSSR count). The number of nitrogens with zero attached hydrogens (tertiary/aromatic N) is 4. The molecular weight excluding hydrogens is 502 g/mol. The van der Waals surface area contributed by atoms with E-state index in [1.807, 2.05) is 30.3 Å². The van der Waals surface area contributed by atoms with Crippen molar-refractivity contribution < 1.29 is 29.0 Å². The highest BCUT2D eigenvalue weighted by molar-refractivity contribution is 5.93. The number of carboxylic acids is 1. The number of amides is 2. The maximum atomic E-state index is 12.8. The number of carboxylic acid groups (broad SMARTS) is 1. The van der Waals surface area contributed by atoms with Gasteiger partial charge in [-0.05, 0) is 52.6 Å². The van der Waals surface area contributed by atoms with E-state index in [4.69, 9.17) is 4.74 Å². The second-order valence-corrected chi connectivity index (χ2v) is 8.76. The molecule has 0 aliphatic heterocycles. The number of hydrogen-bond acceptors (Lipinski definition) is 7. The summed E-state index contributed by atoms with van der Waals surface area (Å²) in [5.41, 5.74) is 2.96. The van der Waals surface area contributed by atoms with Crippen LogP contribution in [0.5, 0.6) is 5.75 Å². The minimum Gasteiger partial charge on any atom is -0.497 e. The monoisotopic (exact) mass is 530 g/mol. The first-order valence-electron chi connectivity index (χ1n) is 12.1. The van der Waals surface area contributed by atoms with Crippen LogP contribution in [0.15, 0.2) is 66.7 Å². The quantitative estimate of drug-likeness (QED) is 0.210. The van der Waals surface area contributed by atoms with Crippen LogP contribution in [0.3, 0.4) is 0 Å². The van der Waals surface area contributed by atoms with E-state index in [1.165, 1.54) is 4.80 Å². The maximum absolute atomic E-state index is 12.8. The molecule has 0 saturated heterocycles. The summed E-state index contributed by atoms with van der Waals surface area (Å²) >= 11 is 0. The molecule has 2 heterocycles. The van der Waals surface area contributed by atoms with Gasteiger partial charge in [0.1, 0.15) is 17.5 Å². The van der Waals surface area contributed by atoms with Crippen molar-refractivity contribution in [2.75, 3.05) is 7.11 Å². The first-order valence-corrected chi connectivity index (χ1v) is 12.1. The zero-order valence-corrected chi connectivity index (χ0v) is 21.4. The molecule has 4 N–H and O–H groups in total. The van der Waals surface area contributed by atoms with Crippen LogP contribution >= 0.6 is 0 Å². The lowest BCUT2D eigenvalue weighted by atomic mass is 10.1. The third-order valence-electron chi connectivity index (χ3n) is 5.73. The Morgan fingerprint density at radius 2 is 1.82 bits per heavy atom. The summed E-state index contributed by atoms with van der Waals surface area (Å²) in [6.07, 6.45) is 0.146. The molecule has 200 valence electrons. The van der Waals surface area contributed by atoms with Crippen LogP contribution in [0.2, 0.25) is 0 Å². The normalized spacial score (nSPS) is 11.4. The van der Waals surface area contributed by atoms with Crippen molar-refractivity contribution in [2.45, 2.75) is 32.5 Å². The second-order valence-electron chi connectivity index (χ2n) is 8.76. The molecule has 1 unspecified atom stereocenters. The first-order chi connectivity index (χ1) is 18.8. The van der Waals surface area contributed by atoms with Gasteiger partial charge in [0.2, 0.25) is 6.54 Å². The van der Waals surface area contributed by atoms with Gasteiger partial charge in [0, 0.05) is 18.7 Å². The van der Waals surface area contributed by atoms with Gasteiger partial charge in [0.25, 0.3) is 11.8 Å². The fourth-order valence-electron chi connectivity index (χ4n) is 3.85. The first kappa shape index (κ1) is 26.9. The van der Waals surface area contributed by atoms with Crippen molar-refractivity contribution in [3.8, 4) is 17.1 Å². The molecule has 0 bridgehead atoms. The number of aryl methyl sites for hydroxylation is 1. The van der Waals surface area contributed by atoms with E-state index >= 15 is 0 Å².